The molecule has 0 aromatic heterocycles. The Bertz CT molecular complexity index is 660. The van der Waals surface area contributed by atoms with Crippen molar-refractivity contribution >= 4 is 5.91 Å². The van der Waals surface area contributed by atoms with Gasteiger partial charge in [0.25, 0.3) is 5.91 Å². The summed E-state index contributed by atoms with van der Waals surface area (Å²) in [6, 6.07) is 13.3. The first-order chi connectivity index (χ1) is 11.5. The first-order valence-corrected chi connectivity index (χ1v) is 7.57. The normalized spacial score (nSPS) is 10.5. The third kappa shape index (κ3) is 5.87. The van der Waals surface area contributed by atoms with Crippen molar-refractivity contribution in [3.8, 4) is 11.5 Å². The fraction of sp³-hybridized carbons (Fsp3) is 0.278. The van der Waals surface area contributed by atoms with Gasteiger partial charge in [-0.15, -0.1) is 0 Å². The molecule has 0 atom stereocenters. The molecule has 0 spiro atoms. The summed E-state index contributed by atoms with van der Waals surface area (Å²) < 4.78 is 33.9. The average Bonchev–Trinajstić information content (AvgIpc) is 2.54. The van der Waals surface area contributed by atoms with E-state index in [9.17, 15) is 13.6 Å². The lowest BCUT2D eigenvalue weighted by atomic mass is 10.2. The number of halogens is 2. The van der Waals surface area contributed by atoms with Crippen molar-refractivity contribution in [1.29, 1.82) is 0 Å². The molecule has 2 aromatic carbocycles. The molecule has 0 saturated carbocycles. The summed E-state index contributed by atoms with van der Waals surface area (Å²) in [7, 11) is 0. The fourth-order valence-corrected chi connectivity index (χ4v) is 2.06. The molecule has 0 fully saturated rings. The molecule has 0 bridgehead atoms. The van der Waals surface area contributed by atoms with Gasteiger partial charge in [-0.05, 0) is 55.3 Å². The highest BCUT2D eigenvalue weighted by Crippen LogP contribution is 2.15. The van der Waals surface area contributed by atoms with Crippen LogP contribution in [0, 0.1) is 6.92 Å². The second-order valence-electron chi connectivity index (χ2n) is 5.18. The van der Waals surface area contributed by atoms with Crippen LogP contribution in [0.3, 0.4) is 0 Å². The van der Waals surface area contributed by atoms with E-state index in [0.717, 1.165) is 11.3 Å². The number of ether oxygens (including phenoxy) is 2. The Balaban J connectivity index is 1.69. The predicted octanol–water partition coefficient (Wildman–Crippen LogP) is 3.80. The minimum absolute atomic E-state index is 0.0214. The molecule has 1 N–H and O–H groups in total. The second-order valence-corrected chi connectivity index (χ2v) is 5.18. The van der Waals surface area contributed by atoms with E-state index in [2.05, 4.69) is 10.1 Å². The highest BCUT2D eigenvalue weighted by Gasteiger charge is 2.07. The number of carbonyl (C=O) groups excluding carboxylic acids is 1. The maximum atomic E-state index is 12.1. The molecule has 0 aliphatic carbocycles. The summed E-state index contributed by atoms with van der Waals surface area (Å²) in [5.74, 6) is 0.554. The molecule has 2 aromatic rings. The van der Waals surface area contributed by atoms with Gasteiger partial charge in [0.1, 0.15) is 11.5 Å². The number of hydrogen-bond donors (Lipinski definition) is 1. The van der Waals surface area contributed by atoms with Gasteiger partial charge in [-0.2, -0.15) is 8.78 Å². The topological polar surface area (TPSA) is 47.6 Å². The second kappa shape index (κ2) is 8.86. The van der Waals surface area contributed by atoms with Gasteiger partial charge < -0.3 is 14.8 Å². The third-order valence-corrected chi connectivity index (χ3v) is 3.21. The Morgan fingerprint density at radius 2 is 1.88 bits per heavy atom. The first-order valence-electron chi connectivity index (χ1n) is 7.57. The number of amides is 1. The third-order valence-electron chi connectivity index (χ3n) is 3.21. The van der Waals surface area contributed by atoms with Gasteiger partial charge in [0.2, 0.25) is 0 Å². The minimum atomic E-state index is -2.88. The Morgan fingerprint density at radius 3 is 2.54 bits per heavy atom. The van der Waals surface area contributed by atoms with Gasteiger partial charge in [-0.3, -0.25) is 4.79 Å². The van der Waals surface area contributed by atoms with Crippen molar-refractivity contribution in [2.24, 2.45) is 0 Å². The van der Waals surface area contributed by atoms with Gasteiger partial charge in [0.15, 0.2) is 0 Å². The van der Waals surface area contributed by atoms with Crippen molar-refractivity contribution in [2.45, 2.75) is 20.0 Å². The van der Waals surface area contributed by atoms with Crippen molar-refractivity contribution in [1.82, 2.24) is 5.32 Å². The number of aryl methyl sites for hydroxylation is 1. The molecule has 24 heavy (non-hydrogen) atoms. The smallest absolute Gasteiger partial charge is 0.387 e. The van der Waals surface area contributed by atoms with Gasteiger partial charge in [-0.25, -0.2) is 0 Å². The zero-order valence-corrected chi connectivity index (χ0v) is 13.3. The summed E-state index contributed by atoms with van der Waals surface area (Å²) in [6.45, 7) is 0.0632. The lowest BCUT2D eigenvalue weighted by molar-refractivity contribution is -0.0498. The molecule has 0 aliphatic rings. The van der Waals surface area contributed by atoms with Gasteiger partial charge >= 0.3 is 6.61 Å². The van der Waals surface area contributed by atoms with Crippen molar-refractivity contribution in [3.05, 3.63) is 59.7 Å². The predicted molar refractivity (Wildman–Crippen MR) is 86.7 cm³/mol. The molecule has 2 rings (SSSR count). The first kappa shape index (κ1) is 17.7. The number of rotatable bonds is 8. The van der Waals surface area contributed by atoms with E-state index < -0.39 is 6.61 Å². The molecule has 0 aliphatic heterocycles. The van der Waals surface area contributed by atoms with Crippen LogP contribution in [0.4, 0.5) is 8.78 Å². The van der Waals surface area contributed by atoms with Crippen LogP contribution >= 0.6 is 0 Å². The summed E-state index contributed by atoms with van der Waals surface area (Å²) in [5, 5.41) is 2.75. The SMILES string of the molecule is Cc1cccc(OCCCNC(=O)c2ccc(OC(F)F)cc2)c1. The molecule has 1 amide bonds. The minimum Gasteiger partial charge on any atom is -0.494 e. The molecule has 4 nitrogen and oxygen atoms in total. The summed E-state index contributed by atoms with van der Waals surface area (Å²) in [6.07, 6.45) is 0.659. The van der Waals surface area contributed by atoms with Crippen LogP contribution in [0.15, 0.2) is 48.5 Å². The highest BCUT2D eigenvalue weighted by molar-refractivity contribution is 5.94. The fourth-order valence-electron chi connectivity index (χ4n) is 2.06. The number of benzene rings is 2. The van der Waals surface area contributed by atoms with E-state index in [0.29, 0.717) is 25.1 Å². The van der Waals surface area contributed by atoms with E-state index in [-0.39, 0.29) is 11.7 Å². The van der Waals surface area contributed by atoms with Crippen LogP contribution in [0.2, 0.25) is 0 Å². The Kier molecular flexibility index (Phi) is 6.54. The largest absolute Gasteiger partial charge is 0.494 e. The van der Waals surface area contributed by atoms with Crippen LogP contribution in [-0.2, 0) is 0 Å². The van der Waals surface area contributed by atoms with Gasteiger partial charge in [0.05, 0.1) is 6.61 Å². The maximum Gasteiger partial charge on any atom is 0.387 e. The monoisotopic (exact) mass is 335 g/mol. The molecule has 0 saturated heterocycles. The maximum absolute atomic E-state index is 12.1. The molecule has 0 heterocycles. The van der Waals surface area contributed by atoms with Crippen LogP contribution in [0.5, 0.6) is 11.5 Å². The number of hydrogen-bond acceptors (Lipinski definition) is 3. The van der Waals surface area contributed by atoms with E-state index in [4.69, 9.17) is 4.74 Å². The molecule has 0 unspecified atom stereocenters. The molecular formula is C18H19F2NO3. The quantitative estimate of drug-likeness (QED) is 0.747. The van der Waals surface area contributed by atoms with Crippen LogP contribution in [0.25, 0.3) is 0 Å². The molecular weight excluding hydrogens is 316 g/mol. The van der Waals surface area contributed by atoms with Crippen LogP contribution < -0.4 is 14.8 Å². The molecule has 128 valence electrons. The average molecular weight is 335 g/mol. The molecule has 6 heteroatoms. The summed E-state index contributed by atoms with van der Waals surface area (Å²) >= 11 is 0. The van der Waals surface area contributed by atoms with Crippen LogP contribution in [-0.4, -0.2) is 25.7 Å². The Hall–Kier alpha value is -2.63. The lowest BCUT2D eigenvalue weighted by Gasteiger charge is -2.09. The van der Waals surface area contributed by atoms with Crippen molar-refractivity contribution < 1.29 is 23.0 Å². The van der Waals surface area contributed by atoms with Gasteiger partial charge in [-0.1, -0.05) is 12.1 Å². The number of carbonyl (C=O) groups is 1. The van der Waals surface area contributed by atoms with Crippen molar-refractivity contribution in [3.63, 3.8) is 0 Å². The zero-order chi connectivity index (χ0) is 17.4. The van der Waals surface area contributed by atoms with Crippen LogP contribution in [0.1, 0.15) is 22.3 Å². The number of alkyl halides is 2. The number of nitrogens with one attached hydrogen (secondary N) is 1. The van der Waals surface area contributed by atoms with Crippen molar-refractivity contribution in [2.75, 3.05) is 13.2 Å². The van der Waals surface area contributed by atoms with Gasteiger partial charge in [0, 0.05) is 12.1 Å². The Morgan fingerprint density at radius 1 is 1.12 bits per heavy atom. The summed E-state index contributed by atoms with van der Waals surface area (Å²) in [4.78, 5) is 11.9. The van der Waals surface area contributed by atoms with E-state index in [1.54, 1.807) is 0 Å². The van der Waals surface area contributed by atoms with E-state index >= 15 is 0 Å². The summed E-state index contributed by atoms with van der Waals surface area (Å²) in [5.41, 5.74) is 1.51. The van der Waals surface area contributed by atoms with E-state index in [1.165, 1.54) is 24.3 Å². The highest BCUT2D eigenvalue weighted by atomic mass is 19.3. The molecule has 0 radical (unpaired) electrons. The zero-order valence-electron chi connectivity index (χ0n) is 13.3. The Labute approximate surface area is 139 Å². The lowest BCUT2D eigenvalue weighted by Crippen LogP contribution is -2.25. The van der Waals surface area contributed by atoms with E-state index in [1.807, 2.05) is 31.2 Å². The standard InChI is InChI=1S/C18H19F2NO3/c1-13-4-2-5-16(12-13)23-11-3-10-21-17(22)14-6-8-15(9-7-14)24-18(19)20/h2,4-9,12,18H,3,10-11H2,1H3,(H,21,22).